The van der Waals surface area contributed by atoms with Gasteiger partial charge in [-0.2, -0.15) is 0 Å². The summed E-state index contributed by atoms with van der Waals surface area (Å²) >= 11 is 6.04. The Labute approximate surface area is 130 Å². The number of carbonyl (C=O) groups is 2. The second-order valence-electron chi connectivity index (χ2n) is 4.79. The van der Waals surface area contributed by atoms with Gasteiger partial charge in [0.15, 0.2) is 0 Å². The Balaban J connectivity index is 2.66. The van der Waals surface area contributed by atoms with E-state index in [2.05, 4.69) is 10.6 Å². The first-order valence-corrected chi connectivity index (χ1v) is 7.54. The third-order valence-electron chi connectivity index (χ3n) is 2.89. The molecule has 21 heavy (non-hydrogen) atoms. The second kappa shape index (κ2) is 9.37. The van der Waals surface area contributed by atoms with Gasteiger partial charge in [-0.3, -0.25) is 9.59 Å². The van der Waals surface area contributed by atoms with E-state index in [0.717, 1.165) is 12.8 Å². The van der Waals surface area contributed by atoms with Gasteiger partial charge in [-0.25, -0.2) is 0 Å². The maximum Gasteiger partial charge on any atom is 0.224 e. The number of halogens is 1. The Bertz CT molecular complexity index is 492. The molecular weight excluding hydrogens is 290 g/mol. The molecule has 0 aliphatic rings. The lowest BCUT2D eigenvalue weighted by molar-refractivity contribution is -0.117. The Kier molecular flexibility index (Phi) is 7.79. The molecule has 1 aromatic carbocycles. The van der Waals surface area contributed by atoms with E-state index in [9.17, 15) is 9.59 Å². The molecule has 1 rings (SSSR count). The molecule has 0 unspecified atom stereocenters. The fourth-order valence-corrected chi connectivity index (χ4v) is 1.90. The van der Waals surface area contributed by atoms with Gasteiger partial charge in [-0.05, 0) is 37.6 Å². The lowest BCUT2D eigenvalue weighted by Crippen LogP contribution is -2.15. The van der Waals surface area contributed by atoms with Crippen molar-refractivity contribution in [3.05, 3.63) is 23.2 Å². The molecule has 0 spiro atoms. The Morgan fingerprint density at radius 3 is 2.48 bits per heavy atom. The summed E-state index contributed by atoms with van der Waals surface area (Å²) in [4.78, 5) is 23.4. The third-order valence-corrected chi connectivity index (χ3v) is 3.22. The quantitative estimate of drug-likeness (QED) is 0.689. The molecule has 0 aliphatic carbocycles. The number of hydrogen-bond donors (Lipinski definition) is 3. The molecule has 116 valence electrons. The van der Waals surface area contributed by atoms with Gasteiger partial charge in [0.2, 0.25) is 11.8 Å². The number of amides is 2. The smallest absolute Gasteiger partial charge is 0.224 e. The van der Waals surface area contributed by atoms with Crippen molar-refractivity contribution in [1.29, 1.82) is 0 Å². The average molecular weight is 312 g/mol. The molecule has 0 radical (unpaired) electrons. The van der Waals surface area contributed by atoms with Crippen molar-refractivity contribution < 1.29 is 9.59 Å². The summed E-state index contributed by atoms with van der Waals surface area (Å²) < 4.78 is 0. The second-order valence-corrected chi connectivity index (χ2v) is 5.19. The van der Waals surface area contributed by atoms with Crippen LogP contribution in [0.15, 0.2) is 18.2 Å². The summed E-state index contributed by atoms with van der Waals surface area (Å²) in [6.45, 7) is 2.50. The number of carbonyl (C=O) groups excluding carboxylic acids is 2. The zero-order valence-electron chi connectivity index (χ0n) is 12.2. The molecule has 0 heterocycles. The van der Waals surface area contributed by atoms with Crippen LogP contribution in [0.25, 0.3) is 0 Å². The van der Waals surface area contributed by atoms with E-state index in [-0.39, 0.29) is 11.8 Å². The molecule has 1 aromatic rings. The predicted molar refractivity (Wildman–Crippen MR) is 86.5 cm³/mol. The van der Waals surface area contributed by atoms with Gasteiger partial charge >= 0.3 is 0 Å². The van der Waals surface area contributed by atoms with Gasteiger partial charge in [-0.1, -0.05) is 24.9 Å². The van der Waals surface area contributed by atoms with Crippen molar-refractivity contribution in [2.75, 3.05) is 17.2 Å². The third kappa shape index (κ3) is 6.60. The molecule has 4 N–H and O–H groups in total. The van der Waals surface area contributed by atoms with Crippen molar-refractivity contribution in [3.63, 3.8) is 0 Å². The van der Waals surface area contributed by atoms with Gasteiger partial charge < -0.3 is 16.4 Å². The Morgan fingerprint density at radius 1 is 1.14 bits per heavy atom. The summed E-state index contributed by atoms with van der Waals surface area (Å²) in [5.74, 6) is -0.184. The Hall–Kier alpha value is -1.59. The van der Waals surface area contributed by atoms with Crippen molar-refractivity contribution in [2.24, 2.45) is 5.73 Å². The van der Waals surface area contributed by atoms with Crippen LogP contribution in [0.4, 0.5) is 11.4 Å². The molecule has 2 amide bonds. The summed E-state index contributed by atoms with van der Waals surface area (Å²) in [6, 6.07) is 5.02. The molecule has 0 aromatic heterocycles. The van der Waals surface area contributed by atoms with Gasteiger partial charge in [0.25, 0.3) is 0 Å². The van der Waals surface area contributed by atoms with Gasteiger partial charge in [0.05, 0.1) is 10.7 Å². The molecule has 0 aliphatic heterocycles. The van der Waals surface area contributed by atoms with Crippen molar-refractivity contribution in [3.8, 4) is 0 Å². The van der Waals surface area contributed by atoms with Crippen LogP contribution >= 0.6 is 11.6 Å². The zero-order valence-corrected chi connectivity index (χ0v) is 13.0. The topological polar surface area (TPSA) is 84.2 Å². The van der Waals surface area contributed by atoms with Gasteiger partial charge in [0.1, 0.15) is 0 Å². The van der Waals surface area contributed by atoms with Crippen LogP contribution in [0.5, 0.6) is 0 Å². The number of rotatable bonds is 8. The van der Waals surface area contributed by atoms with Crippen molar-refractivity contribution in [1.82, 2.24) is 0 Å². The summed E-state index contributed by atoms with van der Waals surface area (Å²) in [5.41, 5.74) is 6.48. The van der Waals surface area contributed by atoms with Crippen LogP contribution in [0.1, 0.15) is 39.0 Å². The molecule has 5 nitrogen and oxygen atoms in total. The average Bonchev–Trinajstić information content (AvgIpc) is 2.46. The van der Waals surface area contributed by atoms with Crippen LogP contribution in [-0.4, -0.2) is 18.4 Å². The largest absolute Gasteiger partial charge is 0.330 e. The van der Waals surface area contributed by atoms with Crippen molar-refractivity contribution >= 4 is 34.8 Å². The minimum atomic E-state index is -0.142. The highest BCUT2D eigenvalue weighted by atomic mass is 35.5. The van der Waals surface area contributed by atoms with Crippen LogP contribution in [0, 0.1) is 0 Å². The van der Waals surface area contributed by atoms with E-state index < -0.39 is 0 Å². The Morgan fingerprint density at radius 2 is 1.81 bits per heavy atom. The molecule has 0 saturated heterocycles. The SMILES string of the molecule is CCCCC(=O)Nc1ccc(Cl)c(NC(=O)CCCN)c1. The maximum absolute atomic E-state index is 11.7. The van der Waals surface area contributed by atoms with Crippen molar-refractivity contribution in [2.45, 2.75) is 39.0 Å². The molecule has 0 saturated carbocycles. The fraction of sp³-hybridized carbons (Fsp3) is 0.467. The van der Waals surface area contributed by atoms with Gasteiger partial charge in [0, 0.05) is 18.5 Å². The lowest BCUT2D eigenvalue weighted by Gasteiger charge is -2.10. The number of anilines is 2. The molecule has 6 heteroatoms. The molecule has 0 bridgehead atoms. The summed E-state index contributed by atoms with van der Waals surface area (Å²) in [6.07, 6.45) is 3.27. The number of nitrogens with one attached hydrogen (secondary N) is 2. The zero-order chi connectivity index (χ0) is 15.7. The highest BCUT2D eigenvalue weighted by Crippen LogP contribution is 2.26. The molecule has 0 atom stereocenters. The van der Waals surface area contributed by atoms with E-state index in [4.69, 9.17) is 17.3 Å². The minimum Gasteiger partial charge on any atom is -0.330 e. The number of unbranched alkanes of at least 4 members (excludes halogenated alkanes) is 1. The number of nitrogens with two attached hydrogens (primary N) is 1. The van der Waals surface area contributed by atoms with E-state index in [1.807, 2.05) is 6.92 Å². The van der Waals surface area contributed by atoms with Crippen LogP contribution in [0.2, 0.25) is 5.02 Å². The normalized spacial score (nSPS) is 10.2. The summed E-state index contributed by atoms with van der Waals surface area (Å²) in [5, 5.41) is 5.95. The number of benzene rings is 1. The molecular formula is C15H22ClN3O2. The van der Waals surface area contributed by atoms with Crippen LogP contribution < -0.4 is 16.4 Å². The lowest BCUT2D eigenvalue weighted by atomic mass is 10.2. The number of hydrogen-bond acceptors (Lipinski definition) is 3. The van der Waals surface area contributed by atoms with Crippen LogP contribution in [-0.2, 0) is 9.59 Å². The standard InChI is InChI=1S/C15H22ClN3O2/c1-2-3-5-14(20)18-11-7-8-12(16)13(10-11)19-15(21)6-4-9-17/h7-8,10H,2-6,9,17H2,1H3,(H,18,20)(H,19,21). The van der Waals surface area contributed by atoms with E-state index in [1.165, 1.54) is 0 Å². The first kappa shape index (κ1) is 17.5. The van der Waals surface area contributed by atoms with E-state index in [1.54, 1.807) is 18.2 Å². The van der Waals surface area contributed by atoms with E-state index in [0.29, 0.717) is 42.2 Å². The van der Waals surface area contributed by atoms with Crippen LogP contribution in [0.3, 0.4) is 0 Å². The highest BCUT2D eigenvalue weighted by molar-refractivity contribution is 6.33. The van der Waals surface area contributed by atoms with E-state index >= 15 is 0 Å². The maximum atomic E-state index is 11.7. The predicted octanol–water partition coefficient (Wildman–Crippen LogP) is 3.15. The minimum absolute atomic E-state index is 0.0421. The highest BCUT2D eigenvalue weighted by Gasteiger charge is 2.08. The first-order valence-electron chi connectivity index (χ1n) is 7.16. The first-order chi connectivity index (χ1) is 10.1. The monoisotopic (exact) mass is 311 g/mol. The summed E-state index contributed by atoms with van der Waals surface area (Å²) in [7, 11) is 0. The molecule has 0 fully saturated rings. The van der Waals surface area contributed by atoms with Gasteiger partial charge in [-0.15, -0.1) is 0 Å². The fourth-order valence-electron chi connectivity index (χ4n) is 1.73.